The summed E-state index contributed by atoms with van der Waals surface area (Å²) in [7, 11) is 0. The fraction of sp³-hybridized carbons (Fsp3) is 0.462. The number of rotatable bonds is 4. The summed E-state index contributed by atoms with van der Waals surface area (Å²) in [6.07, 6.45) is 3.34. The average molecular weight is 277 g/mol. The first-order chi connectivity index (χ1) is 9.65. The van der Waals surface area contributed by atoms with Crippen LogP contribution in [0.2, 0.25) is 0 Å². The second kappa shape index (κ2) is 5.09. The summed E-state index contributed by atoms with van der Waals surface area (Å²) in [4.78, 5) is 17.8. The van der Waals surface area contributed by atoms with E-state index in [1.54, 1.807) is 11.0 Å². The Bertz CT molecular complexity index is 593. The molecule has 0 bridgehead atoms. The smallest absolute Gasteiger partial charge is 0.227 e. The third-order valence-electron chi connectivity index (χ3n) is 3.55. The maximum absolute atomic E-state index is 11.9. The van der Waals surface area contributed by atoms with E-state index in [4.69, 9.17) is 8.94 Å². The molecule has 2 aromatic rings. The summed E-state index contributed by atoms with van der Waals surface area (Å²) in [5, 5.41) is 13.2. The molecule has 1 saturated heterocycles. The number of amides is 1. The van der Waals surface area contributed by atoms with Crippen molar-refractivity contribution in [2.75, 3.05) is 6.54 Å². The Morgan fingerprint density at radius 1 is 1.60 bits per heavy atom. The molecule has 0 aliphatic carbocycles. The van der Waals surface area contributed by atoms with Crippen LogP contribution in [-0.2, 0) is 11.2 Å². The zero-order valence-electron chi connectivity index (χ0n) is 11.0. The summed E-state index contributed by atoms with van der Waals surface area (Å²) in [5.74, 6) is 0.864. The molecule has 0 saturated carbocycles. The molecule has 0 aromatic carbocycles. The van der Waals surface area contributed by atoms with Gasteiger partial charge in [-0.25, -0.2) is 0 Å². The lowest BCUT2D eigenvalue weighted by molar-refractivity contribution is -0.149. The summed E-state index contributed by atoms with van der Waals surface area (Å²) in [5.41, 5.74) is 0.741. The molecule has 3 heterocycles. The minimum atomic E-state index is -0.407. The molecule has 0 radical (unpaired) electrons. The van der Waals surface area contributed by atoms with E-state index in [2.05, 4.69) is 10.1 Å². The molecule has 1 aliphatic heterocycles. The standard InChI is InChI=1S/C13H15N3O4/c1-8-10(17)6-16(8)12(18)3-2-11-14-13(15-20-11)9-4-5-19-7-9/h4-5,7-8,10,17H,2-3,6H2,1H3. The SMILES string of the molecule is CC1C(O)CN1C(=O)CCc1nc(-c2ccoc2)no1. The van der Waals surface area contributed by atoms with Crippen LogP contribution in [0.15, 0.2) is 27.5 Å². The van der Waals surface area contributed by atoms with Crippen molar-refractivity contribution in [1.82, 2.24) is 15.0 Å². The maximum atomic E-state index is 11.9. The van der Waals surface area contributed by atoms with Crippen LogP contribution >= 0.6 is 0 Å². The molecule has 0 spiro atoms. The van der Waals surface area contributed by atoms with Crippen molar-refractivity contribution >= 4 is 5.91 Å². The van der Waals surface area contributed by atoms with Gasteiger partial charge in [0.1, 0.15) is 6.26 Å². The Balaban J connectivity index is 1.55. The van der Waals surface area contributed by atoms with Crippen LogP contribution in [0.5, 0.6) is 0 Å². The van der Waals surface area contributed by atoms with Crippen LogP contribution in [0, 0.1) is 0 Å². The number of nitrogens with zero attached hydrogens (tertiary/aromatic N) is 3. The molecule has 2 atom stereocenters. The molecular formula is C13H15N3O4. The van der Waals surface area contributed by atoms with Gasteiger partial charge in [-0.05, 0) is 13.0 Å². The lowest BCUT2D eigenvalue weighted by Gasteiger charge is -2.43. The van der Waals surface area contributed by atoms with Crippen LogP contribution in [0.4, 0.5) is 0 Å². The van der Waals surface area contributed by atoms with Crippen molar-refractivity contribution in [1.29, 1.82) is 0 Å². The monoisotopic (exact) mass is 277 g/mol. The van der Waals surface area contributed by atoms with Gasteiger partial charge < -0.3 is 18.9 Å². The van der Waals surface area contributed by atoms with Crippen molar-refractivity contribution in [3.8, 4) is 11.4 Å². The Morgan fingerprint density at radius 3 is 3.10 bits per heavy atom. The number of aliphatic hydroxyl groups excluding tert-OH is 1. The second-order valence-corrected chi connectivity index (χ2v) is 4.88. The van der Waals surface area contributed by atoms with Crippen molar-refractivity contribution in [2.45, 2.75) is 31.9 Å². The first-order valence-electron chi connectivity index (χ1n) is 6.48. The van der Waals surface area contributed by atoms with E-state index >= 15 is 0 Å². The molecule has 1 fully saturated rings. The number of hydrogen-bond acceptors (Lipinski definition) is 6. The number of β-amino-alcohol motifs (C(OH)–C–C–N with tert-alkyl or cyclic N) is 1. The molecule has 2 unspecified atom stereocenters. The molecular weight excluding hydrogens is 262 g/mol. The molecule has 2 aromatic heterocycles. The summed E-state index contributed by atoms with van der Waals surface area (Å²) in [6.45, 7) is 2.24. The fourth-order valence-corrected chi connectivity index (χ4v) is 2.14. The lowest BCUT2D eigenvalue weighted by Crippen LogP contribution is -2.60. The van der Waals surface area contributed by atoms with Gasteiger partial charge in [-0.15, -0.1) is 0 Å². The van der Waals surface area contributed by atoms with Crippen molar-refractivity contribution in [2.24, 2.45) is 0 Å². The molecule has 7 heteroatoms. The van der Waals surface area contributed by atoms with Gasteiger partial charge in [0.2, 0.25) is 17.6 Å². The normalized spacial score (nSPS) is 21.8. The molecule has 1 N–H and O–H groups in total. The minimum Gasteiger partial charge on any atom is -0.472 e. The van der Waals surface area contributed by atoms with Gasteiger partial charge >= 0.3 is 0 Å². The lowest BCUT2D eigenvalue weighted by atomic mass is 10.0. The number of aliphatic hydroxyl groups is 1. The summed E-state index contributed by atoms with van der Waals surface area (Å²) in [6, 6.07) is 1.63. The predicted molar refractivity (Wildman–Crippen MR) is 67.5 cm³/mol. The summed E-state index contributed by atoms with van der Waals surface area (Å²) < 4.78 is 10.0. The highest BCUT2D eigenvalue weighted by atomic mass is 16.5. The number of hydrogen-bond donors (Lipinski definition) is 1. The van der Waals surface area contributed by atoms with Crippen LogP contribution in [0.3, 0.4) is 0 Å². The fourth-order valence-electron chi connectivity index (χ4n) is 2.14. The minimum absolute atomic E-state index is 0.00846. The number of carbonyl (C=O) groups excluding carboxylic acids is 1. The van der Waals surface area contributed by atoms with E-state index in [9.17, 15) is 9.90 Å². The van der Waals surface area contributed by atoms with E-state index in [-0.39, 0.29) is 11.9 Å². The van der Waals surface area contributed by atoms with E-state index in [1.165, 1.54) is 12.5 Å². The van der Waals surface area contributed by atoms with Crippen LogP contribution < -0.4 is 0 Å². The molecule has 1 aliphatic rings. The zero-order valence-corrected chi connectivity index (χ0v) is 11.0. The topological polar surface area (TPSA) is 92.6 Å². The Morgan fingerprint density at radius 2 is 2.45 bits per heavy atom. The van der Waals surface area contributed by atoms with Gasteiger partial charge in [0, 0.05) is 19.4 Å². The van der Waals surface area contributed by atoms with Crippen LogP contribution in [-0.4, -0.2) is 44.7 Å². The zero-order chi connectivity index (χ0) is 14.1. The molecule has 7 nitrogen and oxygen atoms in total. The van der Waals surface area contributed by atoms with Crippen LogP contribution in [0.25, 0.3) is 11.4 Å². The van der Waals surface area contributed by atoms with Gasteiger partial charge in [0.15, 0.2) is 0 Å². The first-order valence-corrected chi connectivity index (χ1v) is 6.48. The first kappa shape index (κ1) is 12.9. The average Bonchev–Trinajstić information content (AvgIpc) is 3.11. The Kier molecular flexibility index (Phi) is 3.27. The number of aryl methyl sites for hydroxylation is 1. The molecule has 106 valence electrons. The number of likely N-dealkylation sites (tertiary alicyclic amines) is 1. The predicted octanol–water partition coefficient (Wildman–Crippen LogP) is 0.854. The van der Waals surface area contributed by atoms with Gasteiger partial charge in [0.05, 0.1) is 24.0 Å². The quantitative estimate of drug-likeness (QED) is 0.890. The van der Waals surface area contributed by atoms with E-state index in [0.717, 1.165) is 5.56 Å². The van der Waals surface area contributed by atoms with Gasteiger partial charge in [-0.3, -0.25) is 4.79 Å². The Labute approximate surface area is 115 Å². The Hall–Kier alpha value is -2.15. The number of carbonyl (C=O) groups is 1. The third-order valence-corrected chi connectivity index (χ3v) is 3.55. The van der Waals surface area contributed by atoms with E-state index in [0.29, 0.717) is 31.1 Å². The number of furan rings is 1. The van der Waals surface area contributed by atoms with Gasteiger partial charge in [-0.1, -0.05) is 5.16 Å². The second-order valence-electron chi connectivity index (χ2n) is 4.88. The highest BCUT2D eigenvalue weighted by Gasteiger charge is 2.36. The van der Waals surface area contributed by atoms with Crippen molar-refractivity contribution < 1.29 is 18.8 Å². The molecule has 1 amide bonds. The van der Waals surface area contributed by atoms with Gasteiger partial charge in [-0.2, -0.15) is 4.98 Å². The van der Waals surface area contributed by atoms with Crippen LogP contribution in [0.1, 0.15) is 19.2 Å². The van der Waals surface area contributed by atoms with Crippen molar-refractivity contribution in [3.63, 3.8) is 0 Å². The molecule has 3 rings (SSSR count). The number of aromatic nitrogens is 2. The maximum Gasteiger partial charge on any atom is 0.227 e. The van der Waals surface area contributed by atoms with Gasteiger partial charge in [0.25, 0.3) is 0 Å². The highest BCUT2D eigenvalue weighted by molar-refractivity contribution is 5.77. The van der Waals surface area contributed by atoms with E-state index in [1.807, 2.05) is 6.92 Å². The van der Waals surface area contributed by atoms with Crippen molar-refractivity contribution in [3.05, 3.63) is 24.5 Å². The third kappa shape index (κ3) is 2.32. The summed E-state index contributed by atoms with van der Waals surface area (Å²) >= 11 is 0. The molecule has 20 heavy (non-hydrogen) atoms. The highest BCUT2D eigenvalue weighted by Crippen LogP contribution is 2.20. The van der Waals surface area contributed by atoms with E-state index < -0.39 is 6.10 Å². The largest absolute Gasteiger partial charge is 0.472 e.